The monoisotopic (exact) mass is 197 g/mol. The van der Waals surface area contributed by atoms with Crippen molar-refractivity contribution < 1.29 is 9.50 Å². The van der Waals surface area contributed by atoms with Crippen LogP contribution in [-0.2, 0) is 6.61 Å². The minimum atomic E-state index is -0.404. The maximum absolute atomic E-state index is 13.0. The number of hydrogen-bond donors (Lipinski definition) is 2. The minimum absolute atomic E-state index is 0.0130. The van der Waals surface area contributed by atoms with Gasteiger partial charge in [-0.1, -0.05) is 0 Å². The Morgan fingerprint density at radius 2 is 2.15 bits per heavy atom. The van der Waals surface area contributed by atoms with Crippen LogP contribution in [0.4, 0.5) is 10.1 Å². The molecule has 2 aromatic rings. The summed E-state index contributed by atoms with van der Waals surface area (Å²) >= 11 is 1.37. The molecular formula is C9H8FNOS. The fourth-order valence-corrected chi connectivity index (χ4v) is 2.14. The topological polar surface area (TPSA) is 46.2 Å². The molecule has 0 aliphatic carbocycles. The van der Waals surface area contributed by atoms with Gasteiger partial charge in [-0.2, -0.15) is 0 Å². The number of benzene rings is 1. The molecular weight excluding hydrogens is 189 g/mol. The van der Waals surface area contributed by atoms with Crippen molar-refractivity contribution in [1.29, 1.82) is 0 Å². The first-order valence-electron chi connectivity index (χ1n) is 3.79. The van der Waals surface area contributed by atoms with E-state index >= 15 is 0 Å². The average molecular weight is 197 g/mol. The molecule has 1 heterocycles. The number of hydrogen-bond acceptors (Lipinski definition) is 3. The maximum atomic E-state index is 13.0. The van der Waals surface area contributed by atoms with E-state index in [1.165, 1.54) is 17.4 Å². The molecule has 0 spiro atoms. The van der Waals surface area contributed by atoms with Crippen LogP contribution >= 0.6 is 11.3 Å². The summed E-state index contributed by atoms with van der Waals surface area (Å²) in [5.41, 5.74) is 5.55. The summed E-state index contributed by atoms with van der Waals surface area (Å²) in [6.45, 7) is -0.0130. The third-order valence-corrected chi connectivity index (χ3v) is 2.93. The van der Waals surface area contributed by atoms with Crippen molar-refractivity contribution in [2.45, 2.75) is 6.61 Å². The molecule has 0 saturated heterocycles. The Bertz CT molecular complexity index is 413. The molecule has 3 N–H and O–H groups in total. The Labute approximate surface area is 78.4 Å². The van der Waals surface area contributed by atoms with E-state index in [2.05, 4.69) is 0 Å². The Kier molecular flexibility index (Phi) is 1.94. The van der Waals surface area contributed by atoms with Crippen LogP contribution in [0.25, 0.3) is 10.1 Å². The standard InChI is InChI=1S/C9H8FNOS/c10-7-3-9-5(2-8(7)11)1-6(4-12)13-9/h1-3,12H,4,11H2. The number of rotatable bonds is 1. The normalized spacial score (nSPS) is 10.9. The van der Waals surface area contributed by atoms with Gasteiger partial charge in [0.1, 0.15) is 5.82 Å². The molecule has 0 fully saturated rings. The number of nitrogen functional groups attached to an aromatic ring is 1. The molecule has 0 unspecified atom stereocenters. The number of thiophene rings is 1. The minimum Gasteiger partial charge on any atom is -0.396 e. The van der Waals surface area contributed by atoms with Gasteiger partial charge in [0.15, 0.2) is 0 Å². The highest BCUT2D eigenvalue weighted by molar-refractivity contribution is 7.19. The van der Waals surface area contributed by atoms with E-state index in [0.29, 0.717) is 0 Å². The largest absolute Gasteiger partial charge is 0.396 e. The van der Waals surface area contributed by atoms with Gasteiger partial charge in [0, 0.05) is 9.58 Å². The molecule has 0 aliphatic heterocycles. The summed E-state index contributed by atoms with van der Waals surface area (Å²) in [7, 11) is 0. The van der Waals surface area contributed by atoms with Crippen molar-refractivity contribution in [3.05, 3.63) is 28.9 Å². The van der Waals surface area contributed by atoms with E-state index < -0.39 is 5.82 Å². The zero-order chi connectivity index (χ0) is 9.42. The zero-order valence-corrected chi connectivity index (χ0v) is 7.57. The van der Waals surface area contributed by atoms with Gasteiger partial charge >= 0.3 is 0 Å². The van der Waals surface area contributed by atoms with Gasteiger partial charge in [0.2, 0.25) is 0 Å². The van der Waals surface area contributed by atoms with Crippen LogP contribution in [0.5, 0.6) is 0 Å². The summed E-state index contributed by atoms with van der Waals surface area (Å²) in [5, 5.41) is 9.75. The Hall–Kier alpha value is -1.13. The van der Waals surface area contributed by atoms with Gasteiger partial charge in [-0.05, 0) is 23.6 Å². The summed E-state index contributed by atoms with van der Waals surface area (Å²) in [6.07, 6.45) is 0. The predicted molar refractivity (Wildman–Crippen MR) is 52.1 cm³/mol. The lowest BCUT2D eigenvalue weighted by atomic mass is 10.2. The molecule has 13 heavy (non-hydrogen) atoms. The highest BCUT2D eigenvalue weighted by Crippen LogP contribution is 2.28. The molecule has 0 aliphatic rings. The van der Waals surface area contributed by atoms with Gasteiger partial charge in [-0.15, -0.1) is 11.3 Å². The van der Waals surface area contributed by atoms with E-state index in [9.17, 15) is 4.39 Å². The maximum Gasteiger partial charge on any atom is 0.147 e. The first-order valence-corrected chi connectivity index (χ1v) is 4.60. The Morgan fingerprint density at radius 1 is 1.38 bits per heavy atom. The zero-order valence-electron chi connectivity index (χ0n) is 6.75. The first-order chi connectivity index (χ1) is 6.20. The van der Waals surface area contributed by atoms with Gasteiger partial charge in [-0.3, -0.25) is 0 Å². The van der Waals surface area contributed by atoms with E-state index in [-0.39, 0.29) is 12.3 Å². The number of fused-ring (bicyclic) bond motifs is 1. The van der Waals surface area contributed by atoms with Crippen molar-refractivity contribution in [2.75, 3.05) is 5.73 Å². The Balaban J connectivity index is 2.70. The molecule has 1 aromatic carbocycles. The molecule has 0 bridgehead atoms. The van der Waals surface area contributed by atoms with E-state index in [0.717, 1.165) is 15.0 Å². The third-order valence-electron chi connectivity index (χ3n) is 1.84. The smallest absolute Gasteiger partial charge is 0.147 e. The molecule has 0 atom stereocenters. The second-order valence-electron chi connectivity index (χ2n) is 2.78. The van der Waals surface area contributed by atoms with Crippen LogP contribution in [-0.4, -0.2) is 5.11 Å². The first kappa shape index (κ1) is 8.47. The molecule has 1 aromatic heterocycles. The molecule has 0 saturated carbocycles. The van der Waals surface area contributed by atoms with E-state index in [4.69, 9.17) is 10.8 Å². The van der Waals surface area contributed by atoms with Gasteiger partial charge in [0.05, 0.1) is 12.3 Å². The second kappa shape index (κ2) is 2.97. The molecule has 0 radical (unpaired) electrons. The summed E-state index contributed by atoms with van der Waals surface area (Å²) in [5.74, 6) is -0.404. The lowest BCUT2D eigenvalue weighted by Crippen LogP contribution is -1.88. The highest BCUT2D eigenvalue weighted by Gasteiger charge is 2.04. The molecule has 0 amide bonds. The van der Waals surface area contributed by atoms with Crippen LogP contribution < -0.4 is 5.73 Å². The molecule has 4 heteroatoms. The lowest BCUT2D eigenvalue weighted by molar-refractivity contribution is 0.285. The quantitative estimate of drug-likeness (QED) is 0.688. The van der Waals surface area contributed by atoms with Crippen molar-refractivity contribution in [2.24, 2.45) is 0 Å². The van der Waals surface area contributed by atoms with Crippen molar-refractivity contribution in [3.8, 4) is 0 Å². The highest BCUT2D eigenvalue weighted by atomic mass is 32.1. The van der Waals surface area contributed by atoms with Gasteiger partial charge in [-0.25, -0.2) is 4.39 Å². The summed E-state index contributed by atoms with van der Waals surface area (Å²) in [4.78, 5) is 0.819. The summed E-state index contributed by atoms with van der Waals surface area (Å²) < 4.78 is 13.8. The number of anilines is 1. The van der Waals surface area contributed by atoms with Crippen LogP contribution in [0.15, 0.2) is 18.2 Å². The molecule has 2 nitrogen and oxygen atoms in total. The van der Waals surface area contributed by atoms with Crippen molar-refractivity contribution in [1.82, 2.24) is 0 Å². The fraction of sp³-hybridized carbons (Fsp3) is 0.111. The molecule has 2 rings (SSSR count). The SMILES string of the molecule is Nc1cc2cc(CO)sc2cc1F. The van der Waals surface area contributed by atoms with Gasteiger partial charge in [0.25, 0.3) is 0 Å². The summed E-state index contributed by atoms with van der Waals surface area (Å²) in [6, 6.07) is 4.80. The second-order valence-corrected chi connectivity index (χ2v) is 3.95. The van der Waals surface area contributed by atoms with E-state index in [1.54, 1.807) is 6.07 Å². The number of nitrogens with two attached hydrogens (primary N) is 1. The Morgan fingerprint density at radius 3 is 2.85 bits per heavy atom. The van der Waals surface area contributed by atoms with E-state index in [1.807, 2.05) is 6.07 Å². The van der Waals surface area contributed by atoms with Gasteiger partial charge < -0.3 is 10.8 Å². The van der Waals surface area contributed by atoms with Crippen LogP contribution in [0.2, 0.25) is 0 Å². The van der Waals surface area contributed by atoms with Crippen molar-refractivity contribution in [3.63, 3.8) is 0 Å². The molecule has 68 valence electrons. The lowest BCUT2D eigenvalue weighted by Gasteiger charge is -1.94. The average Bonchev–Trinajstić information content (AvgIpc) is 2.48. The van der Waals surface area contributed by atoms with Crippen LogP contribution in [0, 0.1) is 5.82 Å². The van der Waals surface area contributed by atoms with Crippen molar-refractivity contribution >= 4 is 27.1 Å². The number of aliphatic hydroxyl groups is 1. The van der Waals surface area contributed by atoms with Crippen LogP contribution in [0.1, 0.15) is 4.88 Å². The number of halogens is 1. The predicted octanol–water partition coefficient (Wildman–Crippen LogP) is 2.11. The van der Waals surface area contributed by atoms with Crippen LogP contribution in [0.3, 0.4) is 0 Å². The third kappa shape index (κ3) is 1.38. The number of aliphatic hydroxyl groups excluding tert-OH is 1. The fourth-order valence-electron chi connectivity index (χ4n) is 1.21.